The molecule has 0 saturated heterocycles. The van der Waals surface area contributed by atoms with Crippen molar-refractivity contribution >= 4 is 17.5 Å². The maximum absolute atomic E-state index is 12.1. The third-order valence-corrected chi connectivity index (χ3v) is 3.96. The molecule has 1 unspecified atom stereocenters. The molecule has 1 amide bonds. The van der Waals surface area contributed by atoms with E-state index < -0.39 is 6.10 Å². The summed E-state index contributed by atoms with van der Waals surface area (Å²) in [6, 6.07) is 5.39. The lowest BCUT2D eigenvalue weighted by Gasteiger charge is -2.19. The molecule has 1 aliphatic rings. The first-order valence-electron chi connectivity index (χ1n) is 6.97. The number of halogens is 1. The molecule has 1 aromatic rings. The lowest BCUT2D eigenvalue weighted by atomic mass is 10.2. The Labute approximate surface area is 124 Å². The summed E-state index contributed by atoms with van der Waals surface area (Å²) in [6.07, 6.45) is 3.81. The number of ether oxygens (including phenoxy) is 1. The van der Waals surface area contributed by atoms with E-state index in [2.05, 4.69) is 5.32 Å². The van der Waals surface area contributed by atoms with Crippen LogP contribution in [0.2, 0.25) is 5.02 Å². The van der Waals surface area contributed by atoms with Crippen molar-refractivity contribution in [2.75, 3.05) is 0 Å². The van der Waals surface area contributed by atoms with Gasteiger partial charge in [-0.3, -0.25) is 4.79 Å². The van der Waals surface area contributed by atoms with Gasteiger partial charge in [-0.2, -0.15) is 0 Å². The molecule has 1 atom stereocenters. The molecule has 110 valence electrons. The van der Waals surface area contributed by atoms with Crippen molar-refractivity contribution in [2.24, 2.45) is 0 Å². The number of carbonyl (C=O) groups excluding carboxylic acids is 1. The molecule has 0 heterocycles. The Kier molecular flexibility index (Phi) is 5.26. The van der Waals surface area contributed by atoms with E-state index in [0.29, 0.717) is 16.3 Å². The van der Waals surface area contributed by atoms with Gasteiger partial charge in [-0.25, -0.2) is 0 Å². The van der Waals surface area contributed by atoms with Crippen LogP contribution in [0.1, 0.15) is 38.2 Å². The van der Waals surface area contributed by atoms with Gasteiger partial charge in [0.15, 0.2) is 6.10 Å². The first-order chi connectivity index (χ1) is 9.61. The molecule has 1 aromatic carbocycles. The van der Waals surface area contributed by atoms with Crippen molar-refractivity contribution in [2.45, 2.75) is 51.4 Å². The molecule has 0 bridgehead atoms. The van der Waals surface area contributed by atoms with Gasteiger partial charge in [0.2, 0.25) is 0 Å². The molecule has 1 aliphatic carbocycles. The van der Waals surface area contributed by atoms with E-state index >= 15 is 0 Å². The van der Waals surface area contributed by atoms with Crippen LogP contribution in [-0.4, -0.2) is 23.2 Å². The zero-order chi connectivity index (χ0) is 14.5. The van der Waals surface area contributed by atoms with E-state index in [9.17, 15) is 9.90 Å². The molecule has 0 aliphatic heterocycles. The number of aliphatic hydroxyl groups is 1. The fourth-order valence-electron chi connectivity index (χ4n) is 2.44. The highest BCUT2D eigenvalue weighted by molar-refractivity contribution is 6.31. The van der Waals surface area contributed by atoms with Crippen LogP contribution in [0.15, 0.2) is 18.2 Å². The number of amides is 1. The molecular weight excluding hydrogens is 278 g/mol. The number of hydrogen-bond acceptors (Lipinski definition) is 3. The minimum Gasteiger partial charge on any atom is -0.480 e. The van der Waals surface area contributed by atoms with Crippen molar-refractivity contribution in [1.29, 1.82) is 0 Å². The van der Waals surface area contributed by atoms with Crippen LogP contribution in [-0.2, 0) is 11.4 Å². The second kappa shape index (κ2) is 6.95. The van der Waals surface area contributed by atoms with E-state index in [1.165, 1.54) is 12.8 Å². The Hall–Kier alpha value is -1.26. The molecule has 2 rings (SSSR count). The highest BCUT2D eigenvalue weighted by Gasteiger charge is 2.22. The maximum Gasteiger partial charge on any atom is 0.260 e. The molecule has 1 fully saturated rings. The van der Waals surface area contributed by atoms with Crippen LogP contribution in [0, 0.1) is 0 Å². The van der Waals surface area contributed by atoms with Crippen LogP contribution in [0.4, 0.5) is 0 Å². The van der Waals surface area contributed by atoms with Gasteiger partial charge in [-0.15, -0.1) is 0 Å². The normalized spacial score (nSPS) is 16.9. The Morgan fingerprint density at radius 3 is 2.85 bits per heavy atom. The molecule has 0 radical (unpaired) electrons. The SMILES string of the molecule is CC(Oc1cccc(Cl)c1CO)C(=O)NC1CCCC1. The summed E-state index contributed by atoms with van der Waals surface area (Å²) < 4.78 is 5.63. The Bertz CT molecular complexity index is 472. The minimum absolute atomic E-state index is 0.124. The predicted molar refractivity (Wildman–Crippen MR) is 77.9 cm³/mol. The van der Waals surface area contributed by atoms with Gasteiger partial charge >= 0.3 is 0 Å². The second-order valence-corrected chi connectivity index (χ2v) is 5.53. The average molecular weight is 298 g/mol. The van der Waals surface area contributed by atoms with Crippen LogP contribution < -0.4 is 10.1 Å². The third-order valence-electron chi connectivity index (χ3n) is 3.61. The topological polar surface area (TPSA) is 58.6 Å². The lowest BCUT2D eigenvalue weighted by molar-refractivity contribution is -0.128. The van der Waals surface area contributed by atoms with Crippen molar-refractivity contribution < 1.29 is 14.6 Å². The van der Waals surface area contributed by atoms with Crippen LogP contribution >= 0.6 is 11.6 Å². The van der Waals surface area contributed by atoms with Crippen molar-refractivity contribution in [3.8, 4) is 5.75 Å². The first kappa shape index (κ1) is 15.1. The summed E-state index contributed by atoms with van der Waals surface area (Å²) >= 11 is 5.99. The zero-order valence-electron chi connectivity index (χ0n) is 11.6. The van der Waals surface area contributed by atoms with Gasteiger partial charge < -0.3 is 15.2 Å². The zero-order valence-corrected chi connectivity index (χ0v) is 12.3. The van der Waals surface area contributed by atoms with Crippen LogP contribution in [0.25, 0.3) is 0 Å². The molecule has 0 aromatic heterocycles. The quantitative estimate of drug-likeness (QED) is 0.878. The largest absolute Gasteiger partial charge is 0.480 e. The highest BCUT2D eigenvalue weighted by Crippen LogP contribution is 2.27. The molecule has 20 heavy (non-hydrogen) atoms. The molecule has 1 saturated carbocycles. The van der Waals surface area contributed by atoms with Crippen molar-refractivity contribution in [3.63, 3.8) is 0 Å². The predicted octanol–water partition coefficient (Wildman–Crippen LogP) is 2.66. The number of carbonyl (C=O) groups is 1. The standard InChI is InChI=1S/C15H20ClNO3/c1-10(15(19)17-11-5-2-3-6-11)20-14-8-4-7-13(16)12(14)9-18/h4,7-8,10-11,18H,2-3,5-6,9H2,1H3,(H,17,19). The van der Waals surface area contributed by atoms with E-state index in [1.54, 1.807) is 25.1 Å². The Morgan fingerprint density at radius 2 is 2.20 bits per heavy atom. The van der Waals surface area contributed by atoms with Gasteiger partial charge in [0, 0.05) is 16.6 Å². The maximum atomic E-state index is 12.1. The lowest BCUT2D eigenvalue weighted by Crippen LogP contribution is -2.41. The molecule has 5 heteroatoms. The van der Waals surface area contributed by atoms with E-state index in [4.69, 9.17) is 16.3 Å². The number of aliphatic hydroxyl groups excluding tert-OH is 1. The molecule has 4 nitrogen and oxygen atoms in total. The monoisotopic (exact) mass is 297 g/mol. The number of benzene rings is 1. The second-order valence-electron chi connectivity index (χ2n) is 5.12. The summed E-state index contributed by atoms with van der Waals surface area (Å²) in [6.45, 7) is 1.48. The van der Waals surface area contributed by atoms with Crippen LogP contribution in [0.3, 0.4) is 0 Å². The van der Waals surface area contributed by atoms with E-state index in [-0.39, 0.29) is 18.6 Å². The smallest absolute Gasteiger partial charge is 0.260 e. The summed E-state index contributed by atoms with van der Waals surface area (Å²) in [5, 5.41) is 12.7. The fourth-order valence-corrected chi connectivity index (χ4v) is 2.66. The molecule has 0 spiro atoms. The molecule has 2 N–H and O–H groups in total. The van der Waals surface area contributed by atoms with Gasteiger partial charge in [0.1, 0.15) is 5.75 Å². The highest BCUT2D eigenvalue weighted by atomic mass is 35.5. The number of rotatable bonds is 5. The van der Waals surface area contributed by atoms with Gasteiger partial charge in [-0.1, -0.05) is 30.5 Å². The van der Waals surface area contributed by atoms with E-state index in [1.807, 2.05) is 0 Å². The first-order valence-corrected chi connectivity index (χ1v) is 7.35. The van der Waals surface area contributed by atoms with Crippen molar-refractivity contribution in [3.05, 3.63) is 28.8 Å². The summed E-state index contributed by atoms with van der Waals surface area (Å²) in [5.41, 5.74) is 0.509. The minimum atomic E-state index is -0.612. The summed E-state index contributed by atoms with van der Waals surface area (Å²) in [5.74, 6) is 0.329. The number of hydrogen-bond donors (Lipinski definition) is 2. The summed E-state index contributed by atoms with van der Waals surface area (Å²) in [4.78, 5) is 12.1. The number of nitrogens with one attached hydrogen (secondary N) is 1. The van der Waals surface area contributed by atoms with E-state index in [0.717, 1.165) is 12.8 Å². The third kappa shape index (κ3) is 3.64. The van der Waals surface area contributed by atoms with Crippen LogP contribution in [0.5, 0.6) is 5.75 Å². The van der Waals surface area contributed by atoms with Gasteiger partial charge in [-0.05, 0) is 31.9 Å². The Morgan fingerprint density at radius 1 is 1.50 bits per heavy atom. The molecular formula is C15H20ClNO3. The van der Waals surface area contributed by atoms with Gasteiger partial charge in [0.05, 0.1) is 6.61 Å². The fraction of sp³-hybridized carbons (Fsp3) is 0.533. The Balaban J connectivity index is 1.98. The van der Waals surface area contributed by atoms with Gasteiger partial charge in [0.25, 0.3) is 5.91 Å². The average Bonchev–Trinajstić information content (AvgIpc) is 2.91. The summed E-state index contributed by atoms with van der Waals surface area (Å²) in [7, 11) is 0. The van der Waals surface area contributed by atoms with Crippen molar-refractivity contribution in [1.82, 2.24) is 5.32 Å².